The molecular weight excluding hydrogens is 172 g/mol. The summed E-state index contributed by atoms with van der Waals surface area (Å²) in [4.78, 5) is 4.29. The van der Waals surface area contributed by atoms with Crippen LogP contribution in [0.4, 0.5) is 0 Å². The summed E-state index contributed by atoms with van der Waals surface area (Å²) in [5.41, 5.74) is 6.54. The molecule has 0 aliphatic carbocycles. The largest absolute Gasteiger partial charge is 0.470 e. The van der Waals surface area contributed by atoms with Gasteiger partial charge in [-0.1, -0.05) is 18.3 Å². The molecule has 0 saturated carbocycles. The van der Waals surface area contributed by atoms with E-state index in [1.165, 1.54) is 11.3 Å². The van der Waals surface area contributed by atoms with Crippen LogP contribution in [0.5, 0.6) is 5.19 Å². The Morgan fingerprint density at radius 3 is 3.08 bits per heavy atom. The summed E-state index contributed by atoms with van der Waals surface area (Å²) >= 11 is 1.53. The second-order valence-electron chi connectivity index (χ2n) is 2.61. The molecule has 0 fully saturated rings. The van der Waals surface area contributed by atoms with Gasteiger partial charge in [0.15, 0.2) is 0 Å². The van der Waals surface area contributed by atoms with E-state index in [-0.39, 0.29) is 0 Å². The minimum absolute atomic E-state index is 0.329. The minimum Gasteiger partial charge on any atom is -0.470 e. The smallest absolute Gasteiger partial charge is 0.273 e. The SMILES string of the molecule is CCOc1nc(C(C)CN)cs1. The predicted molar refractivity (Wildman–Crippen MR) is 50.8 cm³/mol. The van der Waals surface area contributed by atoms with Crippen molar-refractivity contribution >= 4 is 11.3 Å². The van der Waals surface area contributed by atoms with Gasteiger partial charge in [-0.05, 0) is 6.92 Å². The Hall–Kier alpha value is -0.610. The van der Waals surface area contributed by atoms with Crippen LogP contribution < -0.4 is 10.5 Å². The second kappa shape index (κ2) is 4.42. The monoisotopic (exact) mass is 186 g/mol. The first-order valence-corrected chi connectivity index (χ1v) is 4.94. The van der Waals surface area contributed by atoms with E-state index in [0.717, 1.165) is 10.9 Å². The number of nitrogens with two attached hydrogens (primary N) is 1. The van der Waals surface area contributed by atoms with E-state index in [9.17, 15) is 0 Å². The molecule has 0 radical (unpaired) electrons. The molecule has 1 aromatic heterocycles. The van der Waals surface area contributed by atoms with Gasteiger partial charge in [-0.15, -0.1) is 0 Å². The quantitative estimate of drug-likeness (QED) is 0.777. The lowest BCUT2D eigenvalue weighted by Crippen LogP contribution is -2.09. The molecule has 68 valence electrons. The third-order valence-electron chi connectivity index (χ3n) is 1.63. The molecule has 0 aliphatic heterocycles. The Kier molecular flexibility index (Phi) is 3.49. The first kappa shape index (κ1) is 9.48. The van der Waals surface area contributed by atoms with Crippen molar-refractivity contribution in [3.05, 3.63) is 11.1 Å². The van der Waals surface area contributed by atoms with Gasteiger partial charge in [0.2, 0.25) is 0 Å². The van der Waals surface area contributed by atoms with Gasteiger partial charge in [0, 0.05) is 17.8 Å². The predicted octanol–water partition coefficient (Wildman–Crippen LogP) is 1.60. The summed E-state index contributed by atoms with van der Waals surface area (Å²) < 4.78 is 5.25. The van der Waals surface area contributed by atoms with E-state index in [4.69, 9.17) is 10.5 Å². The van der Waals surface area contributed by atoms with Crippen molar-refractivity contribution in [2.45, 2.75) is 19.8 Å². The molecule has 0 aliphatic rings. The fourth-order valence-electron chi connectivity index (χ4n) is 0.806. The van der Waals surface area contributed by atoms with Gasteiger partial charge in [0.05, 0.1) is 12.3 Å². The Morgan fingerprint density at radius 1 is 1.75 bits per heavy atom. The number of ether oxygens (including phenoxy) is 1. The average Bonchev–Trinajstić information content (AvgIpc) is 2.52. The molecule has 0 spiro atoms. The van der Waals surface area contributed by atoms with E-state index in [2.05, 4.69) is 11.9 Å². The van der Waals surface area contributed by atoms with Crippen molar-refractivity contribution in [3.8, 4) is 5.19 Å². The van der Waals surface area contributed by atoms with Gasteiger partial charge >= 0.3 is 0 Å². The molecular formula is C8H14N2OS. The number of hydrogen-bond acceptors (Lipinski definition) is 4. The highest BCUT2D eigenvalue weighted by Gasteiger charge is 2.08. The highest BCUT2D eigenvalue weighted by Crippen LogP contribution is 2.22. The lowest BCUT2D eigenvalue weighted by molar-refractivity contribution is 0.337. The van der Waals surface area contributed by atoms with Gasteiger partial charge in [-0.3, -0.25) is 0 Å². The van der Waals surface area contributed by atoms with E-state index >= 15 is 0 Å². The summed E-state index contributed by atoms with van der Waals surface area (Å²) in [6.45, 7) is 5.32. The third-order valence-corrected chi connectivity index (χ3v) is 2.40. The average molecular weight is 186 g/mol. The molecule has 1 rings (SSSR count). The molecule has 3 nitrogen and oxygen atoms in total. The normalized spacial score (nSPS) is 12.9. The molecule has 0 amide bonds. The first-order valence-electron chi connectivity index (χ1n) is 4.06. The number of thiazole rings is 1. The first-order chi connectivity index (χ1) is 5.77. The molecule has 0 aromatic carbocycles. The number of hydrogen-bond donors (Lipinski definition) is 1. The summed E-state index contributed by atoms with van der Waals surface area (Å²) in [5, 5.41) is 2.75. The van der Waals surface area contributed by atoms with Crippen LogP contribution in [0.15, 0.2) is 5.38 Å². The Balaban J connectivity index is 2.63. The molecule has 1 aromatic rings. The van der Waals surface area contributed by atoms with Gasteiger partial charge in [0.25, 0.3) is 5.19 Å². The fourth-order valence-corrected chi connectivity index (χ4v) is 1.66. The van der Waals surface area contributed by atoms with Crippen LogP contribution in [0.1, 0.15) is 25.5 Å². The zero-order chi connectivity index (χ0) is 8.97. The van der Waals surface area contributed by atoms with Crippen molar-refractivity contribution in [3.63, 3.8) is 0 Å². The summed E-state index contributed by atoms with van der Waals surface area (Å²) in [7, 11) is 0. The number of aromatic nitrogens is 1. The Morgan fingerprint density at radius 2 is 2.50 bits per heavy atom. The van der Waals surface area contributed by atoms with Gasteiger partial charge < -0.3 is 10.5 Å². The standard InChI is InChI=1S/C8H14N2OS/c1-3-11-8-10-7(5-12-8)6(2)4-9/h5-6H,3-4,9H2,1-2H3. The second-order valence-corrected chi connectivity index (χ2v) is 3.43. The van der Waals surface area contributed by atoms with Gasteiger partial charge in [0.1, 0.15) is 0 Å². The lowest BCUT2D eigenvalue weighted by Gasteiger charge is -2.02. The Labute approximate surface area is 76.6 Å². The van der Waals surface area contributed by atoms with Crippen LogP contribution >= 0.6 is 11.3 Å². The van der Waals surface area contributed by atoms with E-state index in [1.807, 2.05) is 12.3 Å². The van der Waals surface area contributed by atoms with Crippen LogP contribution in [0, 0.1) is 0 Å². The molecule has 1 atom stereocenters. The lowest BCUT2D eigenvalue weighted by atomic mass is 10.1. The highest BCUT2D eigenvalue weighted by atomic mass is 32.1. The van der Waals surface area contributed by atoms with Crippen molar-refractivity contribution < 1.29 is 4.74 Å². The van der Waals surface area contributed by atoms with E-state index in [0.29, 0.717) is 19.1 Å². The maximum atomic E-state index is 5.51. The van der Waals surface area contributed by atoms with E-state index < -0.39 is 0 Å². The summed E-state index contributed by atoms with van der Waals surface area (Å²) in [6.07, 6.45) is 0. The number of rotatable bonds is 4. The van der Waals surface area contributed by atoms with Crippen molar-refractivity contribution in [1.82, 2.24) is 4.98 Å². The maximum absolute atomic E-state index is 5.51. The van der Waals surface area contributed by atoms with Crippen molar-refractivity contribution in [1.29, 1.82) is 0 Å². The molecule has 0 saturated heterocycles. The topological polar surface area (TPSA) is 48.1 Å². The molecule has 1 heterocycles. The molecule has 2 N–H and O–H groups in total. The highest BCUT2D eigenvalue weighted by molar-refractivity contribution is 7.11. The summed E-state index contributed by atoms with van der Waals surface area (Å²) in [5.74, 6) is 0.329. The van der Waals surface area contributed by atoms with Crippen LogP contribution in [0.2, 0.25) is 0 Å². The maximum Gasteiger partial charge on any atom is 0.273 e. The van der Waals surface area contributed by atoms with Crippen LogP contribution in [-0.4, -0.2) is 18.1 Å². The molecule has 4 heteroatoms. The zero-order valence-corrected chi connectivity index (χ0v) is 8.23. The third kappa shape index (κ3) is 2.19. The van der Waals surface area contributed by atoms with Gasteiger partial charge in [-0.25, -0.2) is 4.98 Å². The molecule has 1 unspecified atom stereocenters. The fraction of sp³-hybridized carbons (Fsp3) is 0.625. The Bertz CT molecular complexity index is 237. The number of nitrogens with zero attached hydrogens (tertiary/aromatic N) is 1. The van der Waals surface area contributed by atoms with E-state index in [1.54, 1.807) is 0 Å². The van der Waals surface area contributed by atoms with Crippen LogP contribution in [0.3, 0.4) is 0 Å². The van der Waals surface area contributed by atoms with Crippen LogP contribution in [0.25, 0.3) is 0 Å². The van der Waals surface area contributed by atoms with Crippen molar-refractivity contribution in [2.75, 3.05) is 13.2 Å². The minimum atomic E-state index is 0.329. The zero-order valence-electron chi connectivity index (χ0n) is 7.41. The van der Waals surface area contributed by atoms with Crippen molar-refractivity contribution in [2.24, 2.45) is 5.73 Å². The molecule has 0 bridgehead atoms. The van der Waals surface area contributed by atoms with Crippen LogP contribution in [-0.2, 0) is 0 Å². The summed E-state index contributed by atoms with van der Waals surface area (Å²) in [6, 6.07) is 0. The molecule has 12 heavy (non-hydrogen) atoms. The van der Waals surface area contributed by atoms with Gasteiger partial charge in [-0.2, -0.15) is 0 Å².